The Hall–Kier alpha value is -2.56. The average Bonchev–Trinajstić information content (AvgIpc) is 3.18. The summed E-state index contributed by atoms with van der Waals surface area (Å²) in [5, 5.41) is 5.39. The van der Waals surface area contributed by atoms with Crippen molar-refractivity contribution in [1.29, 1.82) is 0 Å². The molecule has 0 radical (unpaired) electrons. The summed E-state index contributed by atoms with van der Waals surface area (Å²) < 4.78 is 27.7. The van der Waals surface area contributed by atoms with Crippen molar-refractivity contribution in [2.75, 3.05) is 27.2 Å². The number of aliphatic imine (C=N–C) groups is 1. The number of amides is 2. The van der Waals surface area contributed by atoms with Gasteiger partial charge in [0, 0.05) is 37.0 Å². The predicted octanol–water partition coefficient (Wildman–Crippen LogP) is 3.43. The maximum absolute atomic E-state index is 13.1. The second-order valence-electron chi connectivity index (χ2n) is 10.7. The highest BCUT2D eigenvalue weighted by Gasteiger charge is 2.48. The molecular formula is C27H38N4O5S. The molecule has 3 aliphatic rings. The van der Waals surface area contributed by atoms with E-state index in [4.69, 9.17) is 9.83 Å². The Kier molecular flexibility index (Phi) is 7.92. The normalized spacial score (nSPS) is 24.4. The Morgan fingerprint density at radius 3 is 2.32 bits per heavy atom. The molecule has 2 aliphatic heterocycles. The SMILES string of the molecule is CON(C)C(=O)c1cc(C)c(/C=C/S(=O)(=O)N2CCC3(CC2)N=C(C2CCC(C)CC2)NC3=O)c(C)c1. The topological polar surface area (TPSA) is 108 Å². The molecule has 1 aliphatic carbocycles. The van der Waals surface area contributed by atoms with Gasteiger partial charge in [-0.2, -0.15) is 4.31 Å². The van der Waals surface area contributed by atoms with Gasteiger partial charge in [-0.3, -0.25) is 19.4 Å². The molecule has 1 spiro atoms. The molecule has 0 atom stereocenters. The minimum Gasteiger partial charge on any atom is -0.312 e. The van der Waals surface area contributed by atoms with E-state index in [1.165, 1.54) is 23.9 Å². The van der Waals surface area contributed by atoms with Crippen molar-refractivity contribution in [3.05, 3.63) is 39.8 Å². The van der Waals surface area contributed by atoms with E-state index >= 15 is 0 Å². The van der Waals surface area contributed by atoms with Crippen molar-refractivity contribution >= 4 is 33.7 Å². The van der Waals surface area contributed by atoms with Crippen LogP contribution < -0.4 is 5.32 Å². The fourth-order valence-corrected chi connectivity index (χ4v) is 6.76. The summed E-state index contributed by atoms with van der Waals surface area (Å²) in [7, 11) is -0.730. The van der Waals surface area contributed by atoms with Gasteiger partial charge in [-0.15, -0.1) is 0 Å². The first-order valence-corrected chi connectivity index (χ1v) is 14.5. The summed E-state index contributed by atoms with van der Waals surface area (Å²) in [6.07, 6.45) is 6.71. The summed E-state index contributed by atoms with van der Waals surface area (Å²) in [6.45, 7) is 6.43. The zero-order valence-electron chi connectivity index (χ0n) is 22.4. The number of benzene rings is 1. The van der Waals surface area contributed by atoms with E-state index in [1.54, 1.807) is 18.2 Å². The van der Waals surface area contributed by atoms with Crippen molar-refractivity contribution in [1.82, 2.24) is 14.7 Å². The number of aryl methyl sites for hydroxylation is 2. The lowest BCUT2D eigenvalue weighted by molar-refractivity contribution is -0.125. The molecule has 1 saturated carbocycles. The number of sulfonamides is 1. The van der Waals surface area contributed by atoms with E-state index in [0.717, 1.165) is 59.2 Å². The molecular weight excluding hydrogens is 492 g/mol. The van der Waals surface area contributed by atoms with Crippen LogP contribution in [0.5, 0.6) is 0 Å². The fraction of sp³-hybridized carbons (Fsp3) is 0.593. The van der Waals surface area contributed by atoms with Crippen LogP contribution in [0.15, 0.2) is 22.5 Å². The lowest BCUT2D eigenvalue weighted by Gasteiger charge is -2.34. The highest BCUT2D eigenvalue weighted by Crippen LogP contribution is 2.36. The smallest absolute Gasteiger partial charge is 0.277 e. The quantitative estimate of drug-likeness (QED) is 0.567. The van der Waals surface area contributed by atoms with E-state index in [9.17, 15) is 18.0 Å². The number of nitrogens with zero attached hydrogens (tertiary/aromatic N) is 3. The molecule has 4 rings (SSSR count). The zero-order chi connectivity index (χ0) is 27.0. The van der Waals surface area contributed by atoms with Crippen LogP contribution >= 0.6 is 0 Å². The molecule has 2 fully saturated rings. The number of amidine groups is 1. The number of hydroxylamine groups is 2. The zero-order valence-corrected chi connectivity index (χ0v) is 23.2. The van der Waals surface area contributed by atoms with E-state index in [1.807, 2.05) is 13.8 Å². The number of piperidine rings is 1. The molecule has 0 bridgehead atoms. The molecule has 1 aromatic carbocycles. The van der Waals surface area contributed by atoms with Gasteiger partial charge in [-0.25, -0.2) is 13.5 Å². The third-order valence-corrected chi connectivity index (χ3v) is 9.68. The second kappa shape index (κ2) is 10.7. The first kappa shape index (κ1) is 27.5. The van der Waals surface area contributed by atoms with Gasteiger partial charge in [0.15, 0.2) is 0 Å². The largest absolute Gasteiger partial charge is 0.312 e. The van der Waals surface area contributed by atoms with Gasteiger partial charge >= 0.3 is 0 Å². The van der Waals surface area contributed by atoms with E-state index in [-0.39, 0.29) is 24.9 Å². The van der Waals surface area contributed by atoms with Gasteiger partial charge in [-0.05, 0) is 80.3 Å². The van der Waals surface area contributed by atoms with Gasteiger partial charge < -0.3 is 5.32 Å². The molecule has 2 amide bonds. The summed E-state index contributed by atoms with van der Waals surface area (Å²) in [5.41, 5.74) is 1.95. The average molecular weight is 531 g/mol. The number of carbonyl (C=O) groups excluding carboxylic acids is 2. The number of rotatable bonds is 6. The number of nitrogens with one attached hydrogen (secondary N) is 1. The number of carbonyl (C=O) groups is 2. The van der Waals surface area contributed by atoms with Gasteiger partial charge in [0.1, 0.15) is 11.4 Å². The molecule has 202 valence electrons. The molecule has 1 saturated heterocycles. The minimum absolute atomic E-state index is 0.0892. The van der Waals surface area contributed by atoms with E-state index in [0.29, 0.717) is 24.3 Å². The third kappa shape index (κ3) is 5.66. The molecule has 1 aromatic rings. The molecule has 2 heterocycles. The Morgan fingerprint density at radius 1 is 1.16 bits per heavy atom. The van der Waals surface area contributed by atoms with Crippen LogP contribution in [-0.2, 0) is 19.7 Å². The van der Waals surface area contributed by atoms with Crippen LogP contribution in [0.1, 0.15) is 72.5 Å². The molecule has 10 heteroatoms. The first-order chi connectivity index (χ1) is 17.5. The maximum Gasteiger partial charge on any atom is 0.277 e. The fourth-order valence-electron chi connectivity index (χ4n) is 5.58. The molecule has 9 nitrogen and oxygen atoms in total. The summed E-state index contributed by atoms with van der Waals surface area (Å²) >= 11 is 0. The van der Waals surface area contributed by atoms with Crippen molar-refractivity contribution in [2.45, 2.75) is 64.8 Å². The van der Waals surface area contributed by atoms with Gasteiger partial charge in [0.05, 0.1) is 7.11 Å². The van der Waals surface area contributed by atoms with E-state index < -0.39 is 15.6 Å². The Bertz CT molecular complexity index is 1200. The summed E-state index contributed by atoms with van der Waals surface area (Å²) in [5.74, 6) is 1.45. The Labute approximate surface area is 220 Å². The van der Waals surface area contributed by atoms with Gasteiger partial charge in [-0.1, -0.05) is 19.8 Å². The van der Waals surface area contributed by atoms with Crippen LogP contribution in [0.4, 0.5) is 0 Å². The highest BCUT2D eigenvalue weighted by atomic mass is 32.2. The lowest BCUT2D eigenvalue weighted by atomic mass is 9.82. The van der Waals surface area contributed by atoms with Crippen molar-refractivity contribution in [3.63, 3.8) is 0 Å². The molecule has 0 aromatic heterocycles. The standard InChI is InChI=1S/C27H38N4O5S/c1-18-6-8-21(9-7-18)24-28-26(33)27(29-24)11-13-31(14-12-27)37(34,35)15-10-23-19(2)16-22(17-20(23)3)25(32)30(4)36-5/h10,15-18,21H,6-9,11-14H2,1-5H3,(H,28,29,33)/b15-10+. The molecule has 1 N–H and O–H groups in total. The lowest BCUT2D eigenvalue weighted by Crippen LogP contribution is -2.50. The Morgan fingerprint density at radius 2 is 1.76 bits per heavy atom. The summed E-state index contributed by atoms with van der Waals surface area (Å²) in [4.78, 5) is 35.1. The van der Waals surface area contributed by atoms with Crippen LogP contribution in [0.25, 0.3) is 6.08 Å². The molecule has 37 heavy (non-hydrogen) atoms. The third-order valence-electron chi connectivity index (χ3n) is 8.12. The molecule has 0 unspecified atom stereocenters. The van der Waals surface area contributed by atoms with Crippen LogP contribution in [-0.4, -0.2) is 68.2 Å². The van der Waals surface area contributed by atoms with Crippen LogP contribution in [0, 0.1) is 25.7 Å². The first-order valence-electron chi connectivity index (χ1n) is 13.0. The minimum atomic E-state index is -3.69. The van der Waals surface area contributed by atoms with Gasteiger partial charge in [0.25, 0.3) is 11.8 Å². The predicted molar refractivity (Wildman–Crippen MR) is 143 cm³/mol. The monoisotopic (exact) mass is 530 g/mol. The number of hydrogen-bond donors (Lipinski definition) is 1. The summed E-state index contributed by atoms with van der Waals surface area (Å²) in [6, 6.07) is 3.45. The Balaban J connectivity index is 1.44. The second-order valence-corrected chi connectivity index (χ2v) is 12.5. The van der Waals surface area contributed by atoms with Crippen LogP contribution in [0.2, 0.25) is 0 Å². The number of hydrogen-bond acceptors (Lipinski definition) is 6. The maximum atomic E-state index is 13.1. The highest BCUT2D eigenvalue weighted by molar-refractivity contribution is 7.92. The van der Waals surface area contributed by atoms with Crippen molar-refractivity contribution < 1.29 is 22.8 Å². The van der Waals surface area contributed by atoms with E-state index in [2.05, 4.69) is 12.2 Å². The van der Waals surface area contributed by atoms with Gasteiger partial charge in [0.2, 0.25) is 10.0 Å². The van der Waals surface area contributed by atoms with Crippen LogP contribution in [0.3, 0.4) is 0 Å². The van der Waals surface area contributed by atoms with Crippen molar-refractivity contribution in [2.24, 2.45) is 16.8 Å². The van der Waals surface area contributed by atoms with Crippen molar-refractivity contribution in [3.8, 4) is 0 Å².